The maximum Gasteiger partial charge on any atom is 0.186 e. The fourth-order valence-electron chi connectivity index (χ4n) is 1.68. The third kappa shape index (κ3) is 2.92. The van der Waals surface area contributed by atoms with Crippen LogP contribution in [0.25, 0.3) is 6.08 Å². The average molecular weight is 240 g/mol. The van der Waals surface area contributed by atoms with Gasteiger partial charge in [0.05, 0.1) is 0 Å². The van der Waals surface area contributed by atoms with E-state index in [9.17, 15) is 9.18 Å². The summed E-state index contributed by atoms with van der Waals surface area (Å²) < 4.78 is 12.7. The lowest BCUT2D eigenvalue weighted by atomic mass is 10.0. The van der Waals surface area contributed by atoms with Gasteiger partial charge in [-0.3, -0.25) is 4.79 Å². The Bertz CT molecular complexity index is 582. The Morgan fingerprint density at radius 3 is 2.39 bits per heavy atom. The van der Waals surface area contributed by atoms with E-state index in [0.29, 0.717) is 5.56 Å². The first-order valence-corrected chi connectivity index (χ1v) is 5.70. The first-order valence-electron chi connectivity index (χ1n) is 5.70. The number of halogens is 1. The van der Waals surface area contributed by atoms with E-state index in [1.54, 1.807) is 24.3 Å². The molecule has 0 amide bonds. The predicted octanol–water partition coefficient (Wildman–Crippen LogP) is 4.03. The van der Waals surface area contributed by atoms with Gasteiger partial charge in [0.2, 0.25) is 0 Å². The van der Waals surface area contributed by atoms with E-state index >= 15 is 0 Å². The molecule has 2 heteroatoms. The topological polar surface area (TPSA) is 17.1 Å². The number of rotatable bonds is 3. The van der Waals surface area contributed by atoms with Crippen LogP contribution in [0, 0.1) is 12.7 Å². The van der Waals surface area contributed by atoms with E-state index in [2.05, 4.69) is 0 Å². The number of carbonyl (C=O) groups is 1. The van der Waals surface area contributed by atoms with Crippen molar-refractivity contribution in [1.82, 2.24) is 0 Å². The standard InChI is InChI=1S/C16H13FO/c1-12-4-2-3-5-15(12)16(18)11-8-13-6-9-14(17)10-7-13/h2-11H,1H3. The highest BCUT2D eigenvalue weighted by Gasteiger charge is 2.03. The van der Waals surface area contributed by atoms with Crippen LogP contribution in [0.15, 0.2) is 54.6 Å². The Labute approximate surface area is 106 Å². The van der Waals surface area contributed by atoms with Crippen molar-refractivity contribution >= 4 is 11.9 Å². The zero-order valence-corrected chi connectivity index (χ0v) is 10.1. The Hall–Kier alpha value is -2.22. The largest absolute Gasteiger partial charge is 0.289 e. The molecular formula is C16H13FO. The summed E-state index contributed by atoms with van der Waals surface area (Å²) in [5.41, 5.74) is 2.44. The van der Waals surface area contributed by atoms with Gasteiger partial charge in [0.15, 0.2) is 5.78 Å². The highest BCUT2D eigenvalue weighted by molar-refractivity contribution is 6.07. The second-order valence-corrected chi connectivity index (χ2v) is 4.06. The van der Waals surface area contributed by atoms with Crippen molar-refractivity contribution in [1.29, 1.82) is 0 Å². The zero-order valence-electron chi connectivity index (χ0n) is 10.1. The first-order chi connectivity index (χ1) is 8.66. The van der Waals surface area contributed by atoms with E-state index in [0.717, 1.165) is 11.1 Å². The molecule has 0 aliphatic carbocycles. The van der Waals surface area contributed by atoms with Crippen molar-refractivity contribution < 1.29 is 9.18 Å². The van der Waals surface area contributed by atoms with Gasteiger partial charge in [-0.25, -0.2) is 4.39 Å². The van der Waals surface area contributed by atoms with E-state index in [1.165, 1.54) is 18.2 Å². The summed E-state index contributed by atoms with van der Waals surface area (Å²) in [6, 6.07) is 13.5. The van der Waals surface area contributed by atoms with Gasteiger partial charge in [0, 0.05) is 5.56 Å². The lowest BCUT2D eigenvalue weighted by Gasteiger charge is -2.00. The Morgan fingerprint density at radius 2 is 1.72 bits per heavy atom. The molecule has 1 nitrogen and oxygen atoms in total. The third-order valence-corrected chi connectivity index (χ3v) is 2.71. The summed E-state index contributed by atoms with van der Waals surface area (Å²) in [7, 11) is 0. The molecule has 0 unspecified atom stereocenters. The van der Waals surface area contributed by atoms with Crippen LogP contribution >= 0.6 is 0 Å². The molecule has 0 radical (unpaired) electrons. The SMILES string of the molecule is Cc1ccccc1C(=O)C=Cc1ccc(F)cc1. The molecular weight excluding hydrogens is 227 g/mol. The van der Waals surface area contributed by atoms with Crippen molar-refractivity contribution in [2.24, 2.45) is 0 Å². The van der Waals surface area contributed by atoms with Crippen molar-refractivity contribution in [3.8, 4) is 0 Å². The highest BCUT2D eigenvalue weighted by Crippen LogP contribution is 2.10. The van der Waals surface area contributed by atoms with Crippen LogP contribution in [0.1, 0.15) is 21.5 Å². The summed E-state index contributed by atoms with van der Waals surface area (Å²) >= 11 is 0. The van der Waals surface area contributed by atoms with Crippen molar-refractivity contribution in [2.75, 3.05) is 0 Å². The lowest BCUT2D eigenvalue weighted by molar-refractivity contribution is 0.104. The molecule has 0 spiro atoms. The van der Waals surface area contributed by atoms with Crippen LogP contribution in [0.2, 0.25) is 0 Å². The molecule has 0 aliphatic heterocycles. The van der Waals surface area contributed by atoms with Gasteiger partial charge in [-0.2, -0.15) is 0 Å². The van der Waals surface area contributed by atoms with Crippen LogP contribution < -0.4 is 0 Å². The molecule has 0 atom stereocenters. The van der Waals surface area contributed by atoms with E-state index < -0.39 is 0 Å². The van der Waals surface area contributed by atoms with Crippen LogP contribution in [-0.4, -0.2) is 5.78 Å². The average Bonchev–Trinajstić information content (AvgIpc) is 2.38. The van der Waals surface area contributed by atoms with Gasteiger partial charge in [-0.15, -0.1) is 0 Å². The molecule has 0 N–H and O–H groups in total. The number of allylic oxidation sites excluding steroid dienone is 1. The predicted molar refractivity (Wildman–Crippen MR) is 70.9 cm³/mol. The van der Waals surface area contributed by atoms with Gasteiger partial charge < -0.3 is 0 Å². The van der Waals surface area contributed by atoms with Gasteiger partial charge >= 0.3 is 0 Å². The smallest absolute Gasteiger partial charge is 0.186 e. The van der Waals surface area contributed by atoms with Gasteiger partial charge in [-0.05, 0) is 36.3 Å². The number of aryl methyl sites for hydroxylation is 1. The van der Waals surface area contributed by atoms with Crippen molar-refractivity contribution in [2.45, 2.75) is 6.92 Å². The minimum Gasteiger partial charge on any atom is -0.289 e. The van der Waals surface area contributed by atoms with Gasteiger partial charge in [-0.1, -0.05) is 42.5 Å². The molecule has 0 aromatic heterocycles. The maximum atomic E-state index is 12.7. The highest BCUT2D eigenvalue weighted by atomic mass is 19.1. The van der Waals surface area contributed by atoms with E-state index in [1.807, 2.05) is 25.1 Å². The summed E-state index contributed by atoms with van der Waals surface area (Å²) in [6.45, 7) is 1.90. The van der Waals surface area contributed by atoms with Crippen LogP contribution in [0.3, 0.4) is 0 Å². The second kappa shape index (κ2) is 5.41. The molecule has 2 rings (SSSR count). The molecule has 0 saturated carbocycles. The fraction of sp³-hybridized carbons (Fsp3) is 0.0625. The number of ketones is 1. The monoisotopic (exact) mass is 240 g/mol. The molecule has 0 saturated heterocycles. The van der Waals surface area contributed by atoms with Gasteiger partial charge in [0.1, 0.15) is 5.82 Å². The van der Waals surface area contributed by atoms with Crippen LogP contribution in [0.5, 0.6) is 0 Å². The summed E-state index contributed by atoms with van der Waals surface area (Å²) in [6.07, 6.45) is 3.20. The molecule has 0 aliphatic rings. The molecule has 90 valence electrons. The van der Waals surface area contributed by atoms with Crippen molar-refractivity contribution in [3.05, 3.63) is 77.1 Å². The number of carbonyl (C=O) groups excluding carboxylic acids is 1. The zero-order chi connectivity index (χ0) is 13.0. The number of hydrogen-bond donors (Lipinski definition) is 0. The Kier molecular flexibility index (Phi) is 3.68. The van der Waals surface area contributed by atoms with Crippen LogP contribution in [0.4, 0.5) is 4.39 Å². The third-order valence-electron chi connectivity index (χ3n) is 2.71. The van der Waals surface area contributed by atoms with E-state index in [4.69, 9.17) is 0 Å². The van der Waals surface area contributed by atoms with Crippen molar-refractivity contribution in [3.63, 3.8) is 0 Å². The molecule has 18 heavy (non-hydrogen) atoms. The minimum atomic E-state index is -0.280. The summed E-state index contributed by atoms with van der Waals surface area (Å²) in [4.78, 5) is 11.9. The molecule has 2 aromatic carbocycles. The fourth-order valence-corrected chi connectivity index (χ4v) is 1.68. The molecule has 0 bridgehead atoms. The normalized spacial score (nSPS) is 10.8. The van der Waals surface area contributed by atoms with Gasteiger partial charge in [0.25, 0.3) is 0 Å². The maximum absolute atomic E-state index is 12.7. The summed E-state index contributed by atoms with van der Waals surface area (Å²) in [5.74, 6) is -0.324. The van der Waals surface area contributed by atoms with Crippen LogP contribution in [-0.2, 0) is 0 Å². The quantitative estimate of drug-likeness (QED) is 0.584. The lowest BCUT2D eigenvalue weighted by Crippen LogP contribution is -1.96. The summed E-state index contributed by atoms with van der Waals surface area (Å²) in [5, 5.41) is 0. The Morgan fingerprint density at radius 1 is 1.06 bits per heavy atom. The number of benzene rings is 2. The number of hydrogen-bond acceptors (Lipinski definition) is 1. The Balaban J connectivity index is 2.17. The molecule has 0 heterocycles. The second-order valence-electron chi connectivity index (χ2n) is 4.06. The molecule has 0 fully saturated rings. The minimum absolute atomic E-state index is 0.0441. The first kappa shape index (κ1) is 12.2. The molecule has 2 aromatic rings. The van der Waals surface area contributed by atoms with E-state index in [-0.39, 0.29) is 11.6 Å².